The molecule has 1 saturated heterocycles. The maximum Gasteiger partial charge on any atom is 0.414 e. The van der Waals surface area contributed by atoms with Crippen LogP contribution in [-0.2, 0) is 10.3 Å². The molecule has 8 heteroatoms. The Morgan fingerprint density at radius 1 is 1.35 bits per heavy atom. The molecule has 0 spiro atoms. The van der Waals surface area contributed by atoms with Gasteiger partial charge in [-0.2, -0.15) is 0 Å². The van der Waals surface area contributed by atoms with Crippen LogP contribution in [0.25, 0.3) is 4.85 Å². The van der Waals surface area contributed by atoms with Gasteiger partial charge in [0.15, 0.2) is 0 Å². The van der Waals surface area contributed by atoms with Crippen molar-refractivity contribution in [2.75, 3.05) is 18.0 Å². The molecule has 1 aliphatic carbocycles. The summed E-state index contributed by atoms with van der Waals surface area (Å²) < 4.78 is 10.1. The van der Waals surface area contributed by atoms with E-state index in [0.29, 0.717) is 12.2 Å². The lowest BCUT2D eigenvalue weighted by Crippen LogP contribution is -2.34. The van der Waals surface area contributed by atoms with E-state index in [1.54, 1.807) is 0 Å². The number of nitrogens with one attached hydrogen (secondary N) is 1. The number of ether oxygens (including phenoxy) is 1. The van der Waals surface area contributed by atoms with Gasteiger partial charge in [0.2, 0.25) is 5.76 Å². The zero-order valence-corrected chi connectivity index (χ0v) is 13.8. The normalized spacial score (nSPS) is 20.3. The molecule has 1 atom stereocenters. The van der Waals surface area contributed by atoms with Crippen molar-refractivity contribution < 1.29 is 18.8 Å². The summed E-state index contributed by atoms with van der Waals surface area (Å²) in [6.45, 7) is 7.83. The maximum absolute atomic E-state index is 12.1. The molecule has 2 heterocycles. The average Bonchev–Trinajstić information content (AvgIpc) is 3.09. The zero-order chi connectivity index (χ0) is 18.1. The lowest BCUT2D eigenvalue weighted by molar-refractivity contribution is 0.0880. The molecule has 1 aromatic heterocycles. The third kappa shape index (κ3) is 2.88. The Labute approximate surface area is 149 Å². The molecule has 26 heavy (non-hydrogen) atoms. The van der Waals surface area contributed by atoms with E-state index in [2.05, 4.69) is 15.3 Å². The Bertz CT molecular complexity index is 866. The standard InChI is InChI=1S/C18H16N4O4/c1-19-18(7-8-18)12-2-4-13(5-3-12)22-11-14(25-17(22)24)10-20-16(23)15-6-9-21-26-15/h2-6,9,14H,7-8,10-11H2,(H,20,23)/t14-/m0/s1. The summed E-state index contributed by atoms with van der Waals surface area (Å²) in [5, 5.41) is 6.13. The molecule has 1 saturated carbocycles. The van der Waals surface area contributed by atoms with E-state index in [1.165, 1.54) is 17.2 Å². The van der Waals surface area contributed by atoms with Crippen LogP contribution in [0.1, 0.15) is 29.0 Å². The second kappa shape index (κ2) is 6.19. The molecule has 0 radical (unpaired) electrons. The van der Waals surface area contributed by atoms with E-state index in [-0.39, 0.29) is 17.8 Å². The van der Waals surface area contributed by atoms with Crippen LogP contribution in [0, 0.1) is 6.57 Å². The van der Waals surface area contributed by atoms with Gasteiger partial charge in [-0.05, 0) is 24.3 Å². The van der Waals surface area contributed by atoms with E-state index in [9.17, 15) is 9.59 Å². The molecule has 0 unspecified atom stereocenters. The highest BCUT2D eigenvalue weighted by Crippen LogP contribution is 2.49. The van der Waals surface area contributed by atoms with Gasteiger partial charge in [-0.25, -0.2) is 11.4 Å². The van der Waals surface area contributed by atoms with Crippen LogP contribution in [0.2, 0.25) is 0 Å². The fraction of sp³-hybridized carbons (Fsp3) is 0.333. The summed E-state index contributed by atoms with van der Waals surface area (Å²) in [6, 6.07) is 8.91. The number of benzene rings is 1. The summed E-state index contributed by atoms with van der Waals surface area (Å²) in [6.07, 6.45) is 2.24. The number of cyclic esters (lactones) is 1. The number of anilines is 1. The van der Waals surface area contributed by atoms with Crippen molar-refractivity contribution in [3.8, 4) is 0 Å². The minimum atomic E-state index is -0.456. The van der Waals surface area contributed by atoms with Gasteiger partial charge in [0.1, 0.15) is 6.10 Å². The molecule has 2 aliphatic rings. The van der Waals surface area contributed by atoms with E-state index >= 15 is 0 Å². The summed E-state index contributed by atoms with van der Waals surface area (Å²) in [5.74, 6) is -0.300. The third-order valence-electron chi connectivity index (χ3n) is 4.68. The topological polar surface area (TPSA) is 89.0 Å². The molecule has 132 valence electrons. The highest BCUT2D eigenvalue weighted by atomic mass is 16.6. The molecule has 1 aliphatic heterocycles. The van der Waals surface area contributed by atoms with Crippen LogP contribution < -0.4 is 10.2 Å². The molecular weight excluding hydrogens is 336 g/mol. The number of hydrogen-bond acceptors (Lipinski definition) is 5. The van der Waals surface area contributed by atoms with Crippen LogP contribution in [0.5, 0.6) is 0 Å². The average molecular weight is 352 g/mol. The van der Waals surface area contributed by atoms with Gasteiger partial charge < -0.3 is 19.4 Å². The summed E-state index contributed by atoms with van der Waals surface area (Å²) in [5.41, 5.74) is 1.33. The number of carbonyl (C=O) groups is 2. The number of aromatic nitrogens is 1. The Hall–Kier alpha value is -3.34. The Kier molecular flexibility index (Phi) is 3.84. The number of nitrogens with zero attached hydrogens (tertiary/aromatic N) is 3. The molecule has 1 aromatic carbocycles. The van der Waals surface area contributed by atoms with Gasteiger partial charge in [-0.1, -0.05) is 5.16 Å². The molecule has 2 amide bonds. The smallest absolute Gasteiger partial charge is 0.414 e. The van der Waals surface area contributed by atoms with Crippen LogP contribution in [0.4, 0.5) is 10.5 Å². The van der Waals surface area contributed by atoms with Crippen molar-refractivity contribution >= 4 is 17.7 Å². The molecule has 8 nitrogen and oxygen atoms in total. The Balaban J connectivity index is 1.37. The van der Waals surface area contributed by atoms with Crippen LogP contribution in [0.15, 0.2) is 41.1 Å². The van der Waals surface area contributed by atoms with Gasteiger partial charge >= 0.3 is 6.09 Å². The van der Waals surface area contributed by atoms with Crippen LogP contribution in [0.3, 0.4) is 0 Å². The molecule has 0 bridgehead atoms. The number of rotatable bonds is 5. The largest absolute Gasteiger partial charge is 0.442 e. The first-order valence-electron chi connectivity index (χ1n) is 8.27. The van der Waals surface area contributed by atoms with Gasteiger partial charge in [-0.15, -0.1) is 0 Å². The van der Waals surface area contributed by atoms with Crippen molar-refractivity contribution in [1.82, 2.24) is 10.5 Å². The Morgan fingerprint density at radius 2 is 2.12 bits per heavy atom. The lowest BCUT2D eigenvalue weighted by atomic mass is 10.1. The number of carbonyl (C=O) groups excluding carboxylic acids is 2. The monoisotopic (exact) mass is 352 g/mol. The Morgan fingerprint density at radius 3 is 2.73 bits per heavy atom. The molecule has 2 fully saturated rings. The first kappa shape index (κ1) is 16.1. The quantitative estimate of drug-likeness (QED) is 0.835. The van der Waals surface area contributed by atoms with Gasteiger partial charge in [0.25, 0.3) is 11.4 Å². The SMILES string of the molecule is [C-]#[N+]C1(c2ccc(N3C[C@H](CNC(=O)c4ccno4)OC3=O)cc2)CC1. The predicted octanol–water partition coefficient (Wildman–Crippen LogP) is 2.34. The first-order chi connectivity index (χ1) is 12.6. The summed E-state index contributed by atoms with van der Waals surface area (Å²) in [7, 11) is 0. The fourth-order valence-corrected chi connectivity index (χ4v) is 3.00. The van der Waals surface area contributed by atoms with E-state index in [0.717, 1.165) is 18.4 Å². The van der Waals surface area contributed by atoms with E-state index in [4.69, 9.17) is 15.8 Å². The number of hydrogen-bond donors (Lipinski definition) is 1. The minimum absolute atomic E-state index is 0.107. The second-order valence-corrected chi connectivity index (χ2v) is 6.39. The minimum Gasteiger partial charge on any atom is -0.442 e. The van der Waals surface area contributed by atoms with Crippen molar-refractivity contribution in [1.29, 1.82) is 0 Å². The summed E-state index contributed by atoms with van der Waals surface area (Å²) in [4.78, 5) is 29.2. The van der Waals surface area contributed by atoms with Crippen LogP contribution >= 0.6 is 0 Å². The van der Waals surface area contributed by atoms with E-state index < -0.39 is 18.1 Å². The third-order valence-corrected chi connectivity index (χ3v) is 4.68. The zero-order valence-electron chi connectivity index (χ0n) is 13.8. The molecule has 2 aromatic rings. The maximum atomic E-state index is 12.1. The van der Waals surface area contributed by atoms with Gasteiger partial charge in [-0.3, -0.25) is 9.69 Å². The van der Waals surface area contributed by atoms with Crippen LogP contribution in [-0.4, -0.2) is 36.4 Å². The van der Waals surface area contributed by atoms with Crippen molar-refractivity contribution in [2.24, 2.45) is 0 Å². The van der Waals surface area contributed by atoms with Gasteiger partial charge in [0.05, 0.1) is 19.3 Å². The lowest BCUT2D eigenvalue weighted by Gasteiger charge is -2.14. The highest BCUT2D eigenvalue weighted by Gasteiger charge is 2.52. The van der Waals surface area contributed by atoms with E-state index in [1.807, 2.05) is 24.3 Å². The first-order valence-corrected chi connectivity index (χ1v) is 8.27. The van der Waals surface area contributed by atoms with Crippen molar-refractivity contribution in [3.05, 3.63) is 59.3 Å². The van der Waals surface area contributed by atoms with Crippen molar-refractivity contribution in [2.45, 2.75) is 24.5 Å². The molecule has 1 N–H and O–H groups in total. The second-order valence-electron chi connectivity index (χ2n) is 6.39. The summed E-state index contributed by atoms with van der Waals surface area (Å²) >= 11 is 0. The fourth-order valence-electron chi connectivity index (χ4n) is 3.00. The van der Waals surface area contributed by atoms with Gasteiger partial charge in [0, 0.05) is 30.2 Å². The van der Waals surface area contributed by atoms with Crippen molar-refractivity contribution in [3.63, 3.8) is 0 Å². The molecular formula is C18H16N4O4. The predicted molar refractivity (Wildman–Crippen MR) is 90.4 cm³/mol. The molecule has 4 rings (SSSR count). The highest BCUT2D eigenvalue weighted by molar-refractivity contribution is 5.92. The number of amides is 2.